The van der Waals surface area contributed by atoms with Crippen LogP contribution in [0.1, 0.15) is 27.7 Å². The summed E-state index contributed by atoms with van der Waals surface area (Å²) >= 11 is 0. The molecule has 6 nitrogen and oxygen atoms in total. The van der Waals surface area contributed by atoms with Crippen LogP contribution in [0, 0.1) is 0 Å². The van der Waals surface area contributed by atoms with Gasteiger partial charge in [0.15, 0.2) is 5.96 Å². The van der Waals surface area contributed by atoms with E-state index >= 15 is 0 Å². The van der Waals surface area contributed by atoms with Gasteiger partial charge in [0.2, 0.25) is 5.91 Å². The van der Waals surface area contributed by atoms with E-state index in [1.165, 1.54) is 0 Å². The lowest BCUT2D eigenvalue weighted by Crippen LogP contribution is -2.49. The van der Waals surface area contributed by atoms with Crippen molar-refractivity contribution in [3.05, 3.63) is 30.3 Å². The van der Waals surface area contributed by atoms with Crippen LogP contribution in [0.2, 0.25) is 0 Å². The molecule has 7 heteroatoms. The summed E-state index contributed by atoms with van der Waals surface area (Å²) < 4.78 is 5.82. The largest absolute Gasteiger partial charge is 0.489 e. The molecule has 1 amide bonds. The number of nitrogens with one attached hydrogen (secondary N) is 2. The van der Waals surface area contributed by atoms with Gasteiger partial charge in [-0.3, -0.25) is 9.79 Å². The van der Waals surface area contributed by atoms with E-state index in [0.717, 1.165) is 5.75 Å². The van der Waals surface area contributed by atoms with Crippen molar-refractivity contribution in [2.24, 2.45) is 4.99 Å². The van der Waals surface area contributed by atoms with Crippen LogP contribution in [-0.4, -0.2) is 55.6 Å². The van der Waals surface area contributed by atoms with E-state index in [9.17, 15) is 4.79 Å². The molecule has 0 aliphatic carbocycles. The average molecular weight is 462 g/mol. The third kappa shape index (κ3) is 10.2. The van der Waals surface area contributed by atoms with Crippen LogP contribution in [0.3, 0.4) is 0 Å². The molecule has 0 saturated carbocycles. The highest BCUT2D eigenvalue weighted by atomic mass is 127. The molecule has 1 aromatic carbocycles. The van der Waals surface area contributed by atoms with Crippen LogP contribution in [0.15, 0.2) is 35.3 Å². The maximum atomic E-state index is 12.0. The van der Waals surface area contributed by atoms with E-state index in [4.69, 9.17) is 4.74 Å². The van der Waals surface area contributed by atoms with Crippen molar-refractivity contribution in [3.63, 3.8) is 0 Å². The number of amides is 1. The molecule has 2 N–H and O–H groups in total. The summed E-state index contributed by atoms with van der Waals surface area (Å²) in [6.45, 7) is 8.69. The van der Waals surface area contributed by atoms with Crippen LogP contribution in [0.5, 0.6) is 5.75 Å². The van der Waals surface area contributed by atoms with Gasteiger partial charge in [0.25, 0.3) is 0 Å². The minimum Gasteiger partial charge on any atom is -0.489 e. The van der Waals surface area contributed by atoms with Gasteiger partial charge in [-0.25, -0.2) is 0 Å². The zero-order chi connectivity index (χ0) is 18.2. The Labute approximate surface area is 168 Å². The van der Waals surface area contributed by atoms with Crippen LogP contribution in [-0.2, 0) is 4.79 Å². The smallest absolute Gasteiger partial charge is 0.240 e. The molecule has 25 heavy (non-hydrogen) atoms. The van der Waals surface area contributed by atoms with Gasteiger partial charge in [0.05, 0.1) is 13.1 Å². The van der Waals surface area contributed by atoms with Crippen molar-refractivity contribution in [1.82, 2.24) is 15.5 Å². The topological polar surface area (TPSA) is 66.0 Å². The fourth-order valence-corrected chi connectivity index (χ4v) is 2.14. The Hall–Kier alpha value is -1.51. The number of ether oxygens (including phenoxy) is 1. The number of halogens is 1. The molecule has 0 bridgehead atoms. The Morgan fingerprint density at radius 3 is 2.40 bits per heavy atom. The number of benzene rings is 1. The summed E-state index contributed by atoms with van der Waals surface area (Å²) in [6, 6.07) is 9.68. The lowest BCUT2D eigenvalue weighted by Gasteiger charge is -2.26. The molecule has 142 valence electrons. The van der Waals surface area contributed by atoms with Crippen molar-refractivity contribution in [1.29, 1.82) is 0 Å². The molecule has 0 aromatic heterocycles. The van der Waals surface area contributed by atoms with Crippen LogP contribution >= 0.6 is 24.0 Å². The van der Waals surface area contributed by atoms with Gasteiger partial charge in [0, 0.05) is 19.6 Å². The fourth-order valence-electron chi connectivity index (χ4n) is 2.14. The first-order valence-electron chi connectivity index (χ1n) is 8.16. The second-order valence-corrected chi connectivity index (χ2v) is 6.82. The Morgan fingerprint density at radius 2 is 1.88 bits per heavy atom. The predicted molar refractivity (Wildman–Crippen MR) is 114 cm³/mol. The Balaban J connectivity index is 0.00000576. The highest BCUT2D eigenvalue weighted by Gasteiger charge is 2.17. The van der Waals surface area contributed by atoms with Gasteiger partial charge in [0.1, 0.15) is 11.9 Å². The molecule has 1 aromatic rings. The summed E-state index contributed by atoms with van der Waals surface area (Å²) in [4.78, 5) is 18.0. The van der Waals surface area contributed by atoms with Crippen molar-refractivity contribution < 1.29 is 9.53 Å². The first-order chi connectivity index (χ1) is 11.2. The normalized spacial score (nSPS) is 12.6. The summed E-state index contributed by atoms with van der Waals surface area (Å²) in [5.74, 6) is 1.45. The molecule has 0 aliphatic heterocycles. The zero-order valence-electron chi connectivity index (χ0n) is 16.0. The molecule has 0 radical (unpaired) electrons. The number of carbonyl (C=O) groups excluding carboxylic acids is 1. The summed E-state index contributed by atoms with van der Waals surface area (Å²) in [5.41, 5.74) is -0.243. The van der Waals surface area contributed by atoms with Crippen LogP contribution < -0.4 is 15.4 Å². The maximum absolute atomic E-state index is 12.0. The van der Waals surface area contributed by atoms with Gasteiger partial charge < -0.3 is 20.3 Å². The summed E-state index contributed by atoms with van der Waals surface area (Å²) in [6.07, 6.45) is -0.0269. The zero-order valence-corrected chi connectivity index (χ0v) is 18.3. The minimum absolute atomic E-state index is 0. The quantitative estimate of drug-likeness (QED) is 0.388. The number of hydrogen-bond donors (Lipinski definition) is 2. The van der Waals surface area contributed by atoms with Crippen molar-refractivity contribution in [2.45, 2.75) is 39.3 Å². The van der Waals surface area contributed by atoms with Gasteiger partial charge in [-0.05, 0) is 39.8 Å². The monoisotopic (exact) mass is 462 g/mol. The molecule has 0 spiro atoms. The maximum Gasteiger partial charge on any atom is 0.240 e. The first-order valence-corrected chi connectivity index (χ1v) is 8.16. The van der Waals surface area contributed by atoms with Crippen LogP contribution in [0.4, 0.5) is 0 Å². The molecule has 1 unspecified atom stereocenters. The molecular weight excluding hydrogens is 431 g/mol. The van der Waals surface area contributed by atoms with Crippen molar-refractivity contribution >= 4 is 35.8 Å². The molecule has 0 saturated heterocycles. The van der Waals surface area contributed by atoms with Gasteiger partial charge in [-0.2, -0.15) is 0 Å². The Kier molecular flexibility index (Phi) is 10.5. The predicted octanol–water partition coefficient (Wildman–Crippen LogP) is 2.49. The average Bonchev–Trinajstić information content (AvgIpc) is 2.46. The molecule has 0 aliphatic rings. The van der Waals surface area contributed by atoms with Crippen molar-refractivity contribution in [2.75, 3.05) is 27.2 Å². The Bertz CT molecular complexity index is 544. The van der Waals surface area contributed by atoms with Gasteiger partial charge >= 0.3 is 0 Å². The third-order valence-corrected chi connectivity index (χ3v) is 3.10. The Morgan fingerprint density at radius 1 is 1.28 bits per heavy atom. The number of guanidine groups is 1. The van der Waals surface area contributed by atoms with Gasteiger partial charge in [-0.1, -0.05) is 18.2 Å². The second-order valence-electron chi connectivity index (χ2n) is 6.82. The molecule has 0 fully saturated rings. The minimum atomic E-state index is -0.243. The molecule has 1 atom stereocenters. The summed E-state index contributed by atoms with van der Waals surface area (Å²) in [7, 11) is 3.53. The second kappa shape index (κ2) is 11.2. The van der Waals surface area contributed by atoms with E-state index in [0.29, 0.717) is 12.5 Å². The van der Waals surface area contributed by atoms with E-state index < -0.39 is 0 Å². The van der Waals surface area contributed by atoms with Gasteiger partial charge in [-0.15, -0.1) is 24.0 Å². The SMILES string of the molecule is CN=C(NCC(C)Oc1ccccc1)N(C)CC(=O)NC(C)(C)C.I. The standard InChI is InChI=1S/C18H30N4O2.HI/c1-14(24-15-10-8-7-9-11-15)12-20-17(19-5)22(6)13-16(23)21-18(2,3)4;/h7-11,14H,12-13H2,1-6H3,(H,19,20)(H,21,23);1H. The highest BCUT2D eigenvalue weighted by Crippen LogP contribution is 2.10. The van der Waals surface area contributed by atoms with Crippen LogP contribution in [0.25, 0.3) is 0 Å². The fraction of sp³-hybridized carbons (Fsp3) is 0.556. The number of likely N-dealkylation sites (N-methyl/N-ethyl adjacent to an activating group) is 1. The number of hydrogen-bond acceptors (Lipinski definition) is 3. The number of para-hydroxylation sites is 1. The highest BCUT2D eigenvalue weighted by molar-refractivity contribution is 14.0. The molecular formula is C18H31IN4O2. The third-order valence-electron chi connectivity index (χ3n) is 3.10. The number of nitrogens with zero attached hydrogens (tertiary/aromatic N) is 2. The summed E-state index contributed by atoms with van der Waals surface area (Å²) in [5, 5.41) is 6.17. The van der Waals surface area contributed by atoms with E-state index in [1.54, 1.807) is 11.9 Å². The number of rotatable bonds is 6. The van der Waals surface area contributed by atoms with E-state index in [1.807, 2.05) is 65.1 Å². The van der Waals surface area contributed by atoms with E-state index in [2.05, 4.69) is 15.6 Å². The number of carbonyl (C=O) groups is 1. The van der Waals surface area contributed by atoms with E-state index in [-0.39, 0.29) is 48.1 Å². The first kappa shape index (κ1) is 23.5. The molecule has 1 rings (SSSR count). The lowest BCUT2D eigenvalue weighted by atomic mass is 10.1. The van der Waals surface area contributed by atoms with Crippen molar-refractivity contribution in [3.8, 4) is 5.75 Å². The number of aliphatic imine (C=N–C) groups is 1. The lowest BCUT2D eigenvalue weighted by molar-refractivity contribution is -0.122. The molecule has 0 heterocycles.